The fourth-order valence-electron chi connectivity index (χ4n) is 2.71. The molecule has 1 aromatic carbocycles. The minimum absolute atomic E-state index is 0.0392. The Hall–Kier alpha value is -2.95. The molecule has 0 fully saturated rings. The molecule has 3 rings (SSSR count). The first kappa shape index (κ1) is 16.9. The summed E-state index contributed by atoms with van der Waals surface area (Å²) < 4.78 is 1.84. The first-order valence-corrected chi connectivity index (χ1v) is 8.30. The number of amides is 1. The Morgan fingerprint density at radius 1 is 1.12 bits per heavy atom. The van der Waals surface area contributed by atoms with Gasteiger partial charge in [-0.25, -0.2) is 9.97 Å². The zero-order valence-electron chi connectivity index (χ0n) is 14.5. The highest BCUT2D eigenvalue weighted by molar-refractivity contribution is 5.82. The van der Waals surface area contributed by atoms with Crippen LogP contribution in [0.15, 0.2) is 67.4 Å². The number of rotatable bonds is 6. The van der Waals surface area contributed by atoms with Crippen LogP contribution in [0.4, 0.5) is 0 Å². The van der Waals surface area contributed by atoms with Crippen molar-refractivity contribution < 1.29 is 4.79 Å². The highest BCUT2D eigenvalue weighted by Gasteiger charge is 2.27. The van der Waals surface area contributed by atoms with E-state index in [9.17, 15) is 4.79 Å². The van der Waals surface area contributed by atoms with Crippen molar-refractivity contribution in [3.63, 3.8) is 0 Å². The second-order valence-electron chi connectivity index (χ2n) is 6.72. The first-order chi connectivity index (χ1) is 12.0. The molecule has 1 amide bonds. The maximum atomic E-state index is 12.6. The number of nitrogens with zero attached hydrogens (tertiary/aromatic N) is 3. The Kier molecular flexibility index (Phi) is 4.93. The van der Waals surface area contributed by atoms with Gasteiger partial charge in [0.05, 0.1) is 0 Å². The number of carbonyl (C=O) groups is 1. The Balaban J connectivity index is 1.63. The first-order valence-electron chi connectivity index (χ1n) is 8.30. The number of hydrogen-bond donors (Lipinski definition) is 1. The highest BCUT2D eigenvalue weighted by atomic mass is 16.2. The third kappa shape index (κ3) is 4.32. The minimum Gasteiger partial charge on any atom is -0.352 e. The number of carbonyl (C=O) groups excluding carboxylic acids is 1. The average Bonchev–Trinajstić information content (AvgIpc) is 3.15. The molecule has 0 aliphatic carbocycles. The van der Waals surface area contributed by atoms with Gasteiger partial charge in [-0.1, -0.05) is 44.2 Å². The predicted molar refractivity (Wildman–Crippen MR) is 97.1 cm³/mol. The van der Waals surface area contributed by atoms with Crippen LogP contribution < -0.4 is 5.32 Å². The van der Waals surface area contributed by atoms with Crippen LogP contribution in [0.2, 0.25) is 0 Å². The molecular formula is C20H22N4O. The second-order valence-corrected chi connectivity index (χ2v) is 6.72. The lowest BCUT2D eigenvalue weighted by Crippen LogP contribution is -2.38. The molecule has 0 aliphatic rings. The number of pyridine rings is 1. The molecule has 0 saturated heterocycles. The number of hydrogen-bond acceptors (Lipinski definition) is 3. The summed E-state index contributed by atoms with van der Waals surface area (Å²) in [7, 11) is 0. The molecule has 0 atom stereocenters. The predicted octanol–water partition coefficient (Wildman–Crippen LogP) is 3.15. The molecule has 0 bridgehead atoms. The zero-order valence-corrected chi connectivity index (χ0v) is 14.5. The van der Waals surface area contributed by atoms with Crippen LogP contribution in [0.1, 0.15) is 25.0 Å². The van der Waals surface area contributed by atoms with Gasteiger partial charge >= 0.3 is 0 Å². The van der Waals surface area contributed by atoms with Crippen molar-refractivity contribution in [1.82, 2.24) is 19.9 Å². The van der Waals surface area contributed by atoms with E-state index in [0.29, 0.717) is 13.0 Å². The molecule has 0 radical (unpaired) electrons. The van der Waals surface area contributed by atoms with Crippen molar-refractivity contribution in [2.24, 2.45) is 5.41 Å². The molecule has 0 unspecified atom stereocenters. The second kappa shape index (κ2) is 7.30. The van der Waals surface area contributed by atoms with E-state index in [1.807, 2.05) is 54.9 Å². The van der Waals surface area contributed by atoms with Gasteiger partial charge < -0.3 is 5.32 Å². The molecule has 0 spiro atoms. The van der Waals surface area contributed by atoms with E-state index in [2.05, 4.69) is 27.4 Å². The fourth-order valence-corrected chi connectivity index (χ4v) is 2.71. The summed E-state index contributed by atoms with van der Waals surface area (Å²) in [5.74, 6) is 0.824. The summed E-state index contributed by atoms with van der Waals surface area (Å²) in [5, 5.41) is 3.04. The molecule has 0 aliphatic heterocycles. The van der Waals surface area contributed by atoms with Gasteiger partial charge in [0.1, 0.15) is 12.1 Å². The monoisotopic (exact) mass is 334 g/mol. The molecule has 2 aromatic heterocycles. The maximum absolute atomic E-state index is 12.6. The molecule has 0 saturated carbocycles. The lowest BCUT2D eigenvalue weighted by atomic mass is 9.85. The van der Waals surface area contributed by atoms with Gasteiger partial charge in [-0.15, -0.1) is 0 Å². The Labute approximate surface area is 147 Å². The maximum Gasteiger partial charge on any atom is 0.226 e. The Bertz CT molecular complexity index is 826. The summed E-state index contributed by atoms with van der Waals surface area (Å²) in [6.45, 7) is 4.42. The van der Waals surface area contributed by atoms with Crippen LogP contribution in [0.3, 0.4) is 0 Å². The van der Waals surface area contributed by atoms with Gasteiger partial charge in [-0.05, 0) is 29.7 Å². The molecule has 128 valence electrons. The van der Waals surface area contributed by atoms with E-state index in [1.165, 1.54) is 0 Å². The van der Waals surface area contributed by atoms with Crippen LogP contribution in [0.5, 0.6) is 0 Å². The van der Waals surface area contributed by atoms with Gasteiger partial charge in [0.2, 0.25) is 5.91 Å². The van der Waals surface area contributed by atoms with Crippen LogP contribution in [-0.2, 0) is 17.8 Å². The van der Waals surface area contributed by atoms with Crippen LogP contribution in [0, 0.1) is 5.41 Å². The number of aromatic nitrogens is 3. The molecule has 3 aromatic rings. The van der Waals surface area contributed by atoms with E-state index < -0.39 is 5.41 Å². The number of benzene rings is 1. The van der Waals surface area contributed by atoms with Crippen LogP contribution in [-0.4, -0.2) is 20.4 Å². The largest absolute Gasteiger partial charge is 0.352 e. The third-order valence-corrected chi connectivity index (χ3v) is 4.14. The van der Waals surface area contributed by atoms with E-state index >= 15 is 0 Å². The van der Waals surface area contributed by atoms with Crippen molar-refractivity contribution in [1.29, 1.82) is 0 Å². The lowest BCUT2D eigenvalue weighted by molar-refractivity contribution is -0.129. The standard InChI is InChI=1S/C20H22N4O/c1-20(2,13-16-6-4-3-5-7-16)19(25)23-14-17-8-9-22-18(12-17)24-11-10-21-15-24/h3-12,15H,13-14H2,1-2H3,(H,23,25). The van der Waals surface area contributed by atoms with Gasteiger partial charge in [0, 0.05) is 30.6 Å². The Morgan fingerprint density at radius 2 is 1.92 bits per heavy atom. The normalized spacial score (nSPS) is 11.3. The fraction of sp³-hybridized carbons (Fsp3) is 0.250. The van der Waals surface area contributed by atoms with Crippen molar-refractivity contribution >= 4 is 5.91 Å². The average molecular weight is 334 g/mol. The third-order valence-electron chi connectivity index (χ3n) is 4.14. The topological polar surface area (TPSA) is 59.8 Å². The molecule has 5 nitrogen and oxygen atoms in total. The van der Waals surface area contributed by atoms with Gasteiger partial charge in [-0.3, -0.25) is 9.36 Å². The molecule has 2 heterocycles. The van der Waals surface area contributed by atoms with Crippen molar-refractivity contribution in [3.05, 3.63) is 78.5 Å². The highest BCUT2D eigenvalue weighted by Crippen LogP contribution is 2.22. The van der Waals surface area contributed by atoms with Gasteiger partial charge in [0.15, 0.2) is 0 Å². The molecular weight excluding hydrogens is 312 g/mol. The SMILES string of the molecule is CC(C)(Cc1ccccc1)C(=O)NCc1ccnc(-n2ccnc2)c1. The quantitative estimate of drug-likeness (QED) is 0.753. The number of nitrogens with one attached hydrogen (secondary N) is 1. The van der Waals surface area contributed by atoms with Crippen LogP contribution >= 0.6 is 0 Å². The molecule has 5 heteroatoms. The smallest absolute Gasteiger partial charge is 0.226 e. The summed E-state index contributed by atoms with van der Waals surface area (Å²) in [4.78, 5) is 21.0. The van der Waals surface area contributed by atoms with E-state index in [0.717, 1.165) is 16.9 Å². The molecule has 25 heavy (non-hydrogen) atoms. The van der Waals surface area contributed by atoms with E-state index in [-0.39, 0.29) is 5.91 Å². The summed E-state index contributed by atoms with van der Waals surface area (Å²) in [6.07, 6.45) is 7.70. The van der Waals surface area contributed by atoms with E-state index in [1.54, 1.807) is 18.7 Å². The van der Waals surface area contributed by atoms with Crippen molar-refractivity contribution in [2.45, 2.75) is 26.8 Å². The van der Waals surface area contributed by atoms with Crippen molar-refractivity contribution in [2.75, 3.05) is 0 Å². The number of imidazole rings is 1. The summed E-state index contributed by atoms with van der Waals surface area (Å²) in [6, 6.07) is 13.9. The summed E-state index contributed by atoms with van der Waals surface area (Å²) in [5.41, 5.74) is 1.69. The zero-order chi connectivity index (χ0) is 17.7. The minimum atomic E-state index is -0.471. The van der Waals surface area contributed by atoms with Gasteiger partial charge in [0.25, 0.3) is 0 Å². The van der Waals surface area contributed by atoms with E-state index in [4.69, 9.17) is 0 Å². The van der Waals surface area contributed by atoms with Crippen molar-refractivity contribution in [3.8, 4) is 5.82 Å². The molecule has 1 N–H and O–H groups in total. The lowest BCUT2D eigenvalue weighted by Gasteiger charge is -2.23. The Morgan fingerprint density at radius 3 is 2.64 bits per heavy atom. The van der Waals surface area contributed by atoms with Gasteiger partial charge in [-0.2, -0.15) is 0 Å². The summed E-state index contributed by atoms with van der Waals surface area (Å²) >= 11 is 0. The van der Waals surface area contributed by atoms with Crippen LogP contribution in [0.25, 0.3) is 5.82 Å².